The predicted octanol–water partition coefficient (Wildman–Crippen LogP) is 4.29. The largest absolute Gasteiger partial charge is 0.385 e. The Morgan fingerprint density at radius 1 is 1.35 bits per heavy atom. The van der Waals surface area contributed by atoms with Gasteiger partial charge in [0.2, 0.25) is 0 Å². The Hall–Kier alpha value is -0.570. The highest BCUT2D eigenvalue weighted by Crippen LogP contribution is 2.47. The van der Waals surface area contributed by atoms with Crippen LogP contribution >= 0.6 is 11.6 Å². The summed E-state index contributed by atoms with van der Waals surface area (Å²) < 4.78 is 6.07. The summed E-state index contributed by atoms with van der Waals surface area (Å²) in [6, 6.07) is 7.63. The highest BCUT2D eigenvalue weighted by atomic mass is 35.5. The molecule has 3 rings (SSSR count). The third-order valence-electron chi connectivity index (χ3n) is 5.21. The Labute approximate surface area is 126 Å². The van der Waals surface area contributed by atoms with Gasteiger partial charge in [0.15, 0.2) is 0 Å². The van der Waals surface area contributed by atoms with Crippen molar-refractivity contribution in [1.82, 2.24) is 0 Å². The molecule has 1 aromatic carbocycles. The molecule has 1 N–H and O–H groups in total. The molecule has 20 heavy (non-hydrogen) atoms. The maximum Gasteiger partial charge on any atom is 0.0898 e. The molecule has 1 saturated heterocycles. The number of halogens is 1. The van der Waals surface area contributed by atoms with Crippen molar-refractivity contribution in [3.05, 3.63) is 34.9 Å². The standard InChI is InChI=1S/C17H23ClO2/c1-16(19,13-5-4-6-15(18)11-13)14-7-10-20-17(12-14)8-2-3-9-17/h4-6,11,14,19H,2-3,7-10,12H2,1H3. The second kappa shape index (κ2) is 5.32. The van der Waals surface area contributed by atoms with Gasteiger partial charge >= 0.3 is 0 Å². The summed E-state index contributed by atoms with van der Waals surface area (Å²) in [5.74, 6) is 0.243. The summed E-state index contributed by atoms with van der Waals surface area (Å²) >= 11 is 6.07. The molecule has 0 aromatic heterocycles. The van der Waals surface area contributed by atoms with Crippen molar-refractivity contribution in [2.45, 2.75) is 56.7 Å². The van der Waals surface area contributed by atoms with Crippen LogP contribution in [-0.2, 0) is 10.3 Å². The van der Waals surface area contributed by atoms with Gasteiger partial charge in [0.1, 0.15) is 0 Å². The summed E-state index contributed by atoms with van der Waals surface area (Å²) in [4.78, 5) is 0. The molecule has 1 spiro atoms. The van der Waals surface area contributed by atoms with Crippen LogP contribution in [0, 0.1) is 5.92 Å². The van der Waals surface area contributed by atoms with Gasteiger partial charge in [-0.15, -0.1) is 0 Å². The highest BCUT2D eigenvalue weighted by molar-refractivity contribution is 6.30. The van der Waals surface area contributed by atoms with E-state index in [9.17, 15) is 5.11 Å². The van der Waals surface area contributed by atoms with Crippen LogP contribution in [0.4, 0.5) is 0 Å². The molecule has 1 aliphatic carbocycles. The zero-order valence-corrected chi connectivity index (χ0v) is 12.8. The van der Waals surface area contributed by atoms with Gasteiger partial charge in [0.25, 0.3) is 0 Å². The van der Waals surface area contributed by atoms with E-state index in [0.717, 1.165) is 37.9 Å². The second-order valence-corrected chi connectivity index (χ2v) is 7.02. The second-order valence-electron chi connectivity index (χ2n) is 6.59. The van der Waals surface area contributed by atoms with Gasteiger partial charge in [-0.3, -0.25) is 0 Å². The van der Waals surface area contributed by atoms with Crippen molar-refractivity contribution in [3.8, 4) is 0 Å². The van der Waals surface area contributed by atoms with Crippen LogP contribution < -0.4 is 0 Å². The Morgan fingerprint density at radius 2 is 2.10 bits per heavy atom. The van der Waals surface area contributed by atoms with E-state index in [1.807, 2.05) is 31.2 Å². The maximum atomic E-state index is 11.1. The van der Waals surface area contributed by atoms with Gasteiger partial charge in [-0.1, -0.05) is 36.6 Å². The van der Waals surface area contributed by atoms with Crippen LogP contribution in [0.15, 0.2) is 24.3 Å². The zero-order chi connectivity index (χ0) is 14.2. The summed E-state index contributed by atoms with van der Waals surface area (Å²) in [6.45, 7) is 2.69. The van der Waals surface area contributed by atoms with Crippen LogP contribution in [0.2, 0.25) is 5.02 Å². The van der Waals surface area contributed by atoms with Crippen LogP contribution in [0.1, 0.15) is 51.0 Å². The van der Waals surface area contributed by atoms with Crippen LogP contribution in [0.3, 0.4) is 0 Å². The lowest BCUT2D eigenvalue weighted by molar-refractivity contribution is -0.138. The predicted molar refractivity (Wildman–Crippen MR) is 80.9 cm³/mol. The molecule has 0 amide bonds. The number of hydrogen-bond acceptors (Lipinski definition) is 2. The molecule has 2 atom stereocenters. The van der Waals surface area contributed by atoms with Gasteiger partial charge < -0.3 is 9.84 Å². The molecule has 0 bridgehead atoms. The monoisotopic (exact) mass is 294 g/mol. The molecule has 1 saturated carbocycles. The quantitative estimate of drug-likeness (QED) is 0.882. The molecule has 2 nitrogen and oxygen atoms in total. The van der Waals surface area contributed by atoms with Crippen molar-refractivity contribution in [1.29, 1.82) is 0 Å². The molecule has 2 fully saturated rings. The Morgan fingerprint density at radius 3 is 2.80 bits per heavy atom. The topological polar surface area (TPSA) is 29.5 Å². The molecular weight excluding hydrogens is 272 g/mol. The van der Waals surface area contributed by atoms with Gasteiger partial charge in [0.05, 0.1) is 11.2 Å². The SMILES string of the molecule is CC(O)(c1cccc(Cl)c1)C1CCOC2(CCCC2)C1. The van der Waals surface area contributed by atoms with Crippen molar-refractivity contribution >= 4 is 11.6 Å². The van der Waals surface area contributed by atoms with E-state index in [4.69, 9.17) is 16.3 Å². The zero-order valence-electron chi connectivity index (χ0n) is 12.1. The summed E-state index contributed by atoms with van der Waals surface area (Å²) in [5, 5.41) is 11.8. The Balaban J connectivity index is 1.83. The minimum Gasteiger partial charge on any atom is -0.385 e. The number of ether oxygens (including phenoxy) is 1. The van der Waals surface area contributed by atoms with E-state index in [-0.39, 0.29) is 11.5 Å². The first-order valence-corrected chi connectivity index (χ1v) is 8.02. The third-order valence-corrected chi connectivity index (χ3v) is 5.45. The number of hydrogen-bond donors (Lipinski definition) is 1. The Bertz CT molecular complexity index is 478. The lowest BCUT2D eigenvalue weighted by Gasteiger charge is -2.44. The fourth-order valence-electron chi connectivity index (χ4n) is 3.91. The Kier molecular flexibility index (Phi) is 3.83. The van der Waals surface area contributed by atoms with Crippen LogP contribution in [0.5, 0.6) is 0 Å². The van der Waals surface area contributed by atoms with Gasteiger partial charge in [-0.05, 0) is 56.2 Å². The molecule has 1 aliphatic heterocycles. The smallest absolute Gasteiger partial charge is 0.0898 e. The first-order chi connectivity index (χ1) is 9.52. The maximum absolute atomic E-state index is 11.1. The minimum absolute atomic E-state index is 0.0332. The van der Waals surface area contributed by atoms with Crippen molar-refractivity contribution < 1.29 is 9.84 Å². The first kappa shape index (κ1) is 14.4. The molecule has 2 unspecified atom stereocenters. The van der Waals surface area contributed by atoms with Crippen LogP contribution in [-0.4, -0.2) is 17.3 Å². The van der Waals surface area contributed by atoms with E-state index >= 15 is 0 Å². The van der Waals surface area contributed by atoms with Gasteiger partial charge in [0, 0.05) is 11.6 Å². The van der Waals surface area contributed by atoms with E-state index in [1.54, 1.807) is 0 Å². The molecule has 0 radical (unpaired) electrons. The normalized spacial score (nSPS) is 28.4. The molecule has 3 heteroatoms. The average Bonchev–Trinajstić information content (AvgIpc) is 2.87. The minimum atomic E-state index is -0.829. The van der Waals surface area contributed by atoms with Crippen molar-refractivity contribution in [3.63, 3.8) is 0 Å². The highest BCUT2D eigenvalue weighted by Gasteiger charge is 2.45. The summed E-state index contributed by atoms with van der Waals surface area (Å²) in [7, 11) is 0. The fourth-order valence-corrected chi connectivity index (χ4v) is 4.10. The third kappa shape index (κ3) is 2.61. The number of rotatable bonds is 2. The lowest BCUT2D eigenvalue weighted by Crippen LogP contribution is -2.44. The molecular formula is C17H23ClO2. The molecule has 110 valence electrons. The van der Waals surface area contributed by atoms with Crippen molar-refractivity contribution in [2.24, 2.45) is 5.92 Å². The molecule has 1 heterocycles. The number of aliphatic hydroxyl groups is 1. The van der Waals surface area contributed by atoms with Gasteiger partial charge in [-0.25, -0.2) is 0 Å². The lowest BCUT2D eigenvalue weighted by atomic mass is 9.73. The van der Waals surface area contributed by atoms with Crippen LogP contribution in [0.25, 0.3) is 0 Å². The fraction of sp³-hybridized carbons (Fsp3) is 0.647. The van der Waals surface area contributed by atoms with Crippen molar-refractivity contribution in [2.75, 3.05) is 6.61 Å². The number of benzene rings is 1. The van der Waals surface area contributed by atoms with E-state index < -0.39 is 5.60 Å². The van der Waals surface area contributed by atoms with Gasteiger partial charge in [-0.2, -0.15) is 0 Å². The van der Waals surface area contributed by atoms with E-state index in [0.29, 0.717) is 5.02 Å². The summed E-state index contributed by atoms with van der Waals surface area (Å²) in [5.41, 5.74) is 0.125. The first-order valence-electron chi connectivity index (χ1n) is 7.64. The summed E-state index contributed by atoms with van der Waals surface area (Å²) in [6.07, 6.45) is 6.69. The molecule has 1 aromatic rings. The van der Waals surface area contributed by atoms with E-state index in [2.05, 4.69) is 0 Å². The molecule has 2 aliphatic rings. The van der Waals surface area contributed by atoms with E-state index in [1.165, 1.54) is 12.8 Å². The average molecular weight is 295 g/mol.